The molecule has 0 aliphatic carbocycles. The number of nitrogens with zero attached hydrogens (tertiary/aromatic N) is 1. The first-order chi connectivity index (χ1) is 11.5. The summed E-state index contributed by atoms with van der Waals surface area (Å²) in [6, 6.07) is 7.49. The molecule has 3 rings (SSSR count). The molecule has 5 nitrogen and oxygen atoms in total. The van der Waals surface area contributed by atoms with Gasteiger partial charge in [0, 0.05) is 24.3 Å². The van der Waals surface area contributed by atoms with Gasteiger partial charge in [0.05, 0.1) is 5.69 Å². The molecule has 124 valence electrons. The van der Waals surface area contributed by atoms with Crippen LogP contribution in [-0.4, -0.2) is 25.0 Å². The van der Waals surface area contributed by atoms with Crippen molar-refractivity contribution < 1.29 is 22.8 Å². The van der Waals surface area contributed by atoms with Crippen molar-refractivity contribution >= 4 is 23.3 Å². The van der Waals surface area contributed by atoms with Gasteiger partial charge in [-0.1, -0.05) is 0 Å². The molecule has 0 unspecified atom stereocenters. The van der Waals surface area contributed by atoms with Crippen LogP contribution in [0.15, 0.2) is 36.4 Å². The van der Waals surface area contributed by atoms with Crippen LogP contribution >= 0.6 is 0 Å². The maximum absolute atomic E-state index is 13.6. The van der Waals surface area contributed by atoms with Crippen molar-refractivity contribution in [3.63, 3.8) is 0 Å². The molecular weight excluding hydrogens is 323 g/mol. The average Bonchev–Trinajstić information content (AvgIpc) is 3.01. The number of amides is 3. The van der Waals surface area contributed by atoms with E-state index in [1.807, 2.05) is 0 Å². The molecule has 2 aromatic carbocycles. The highest BCUT2D eigenvalue weighted by molar-refractivity contribution is 6.04. The summed E-state index contributed by atoms with van der Waals surface area (Å²) in [5.41, 5.74) is 0.338. The Morgan fingerprint density at radius 2 is 1.75 bits per heavy atom. The largest absolute Gasteiger partial charge is 0.336 e. The number of hydrogen-bond donors (Lipinski definition) is 2. The summed E-state index contributed by atoms with van der Waals surface area (Å²) in [7, 11) is 0. The summed E-state index contributed by atoms with van der Waals surface area (Å²) in [4.78, 5) is 25.1. The minimum Gasteiger partial charge on any atom is -0.336 e. The Labute approximate surface area is 135 Å². The van der Waals surface area contributed by atoms with Crippen LogP contribution < -0.4 is 15.5 Å². The molecule has 1 aliphatic rings. The summed E-state index contributed by atoms with van der Waals surface area (Å²) in [6.07, 6.45) is 0. The van der Waals surface area contributed by atoms with E-state index in [4.69, 9.17) is 0 Å². The topological polar surface area (TPSA) is 61.4 Å². The minimum absolute atomic E-state index is 0.183. The predicted molar refractivity (Wildman–Crippen MR) is 81.5 cm³/mol. The van der Waals surface area contributed by atoms with Crippen molar-refractivity contribution in [3.05, 3.63) is 59.4 Å². The van der Waals surface area contributed by atoms with Crippen LogP contribution in [0.2, 0.25) is 0 Å². The summed E-state index contributed by atoms with van der Waals surface area (Å²) in [5.74, 6) is -5.13. The van der Waals surface area contributed by atoms with Crippen molar-refractivity contribution in [3.8, 4) is 0 Å². The third kappa shape index (κ3) is 2.90. The molecular formula is C16H12F3N3O2. The molecule has 0 bridgehead atoms. The van der Waals surface area contributed by atoms with Gasteiger partial charge in [0.2, 0.25) is 0 Å². The van der Waals surface area contributed by atoms with E-state index in [2.05, 4.69) is 10.6 Å². The summed E-state index contributed by atoms with van der Waals surface area (Å²) >= 11 is 0. The molecule has 1 heterocycles. The van der Waals surface area contributed by atoms with Crippen LogP contribution in [0.25, 0.3) is 0 Å². The molecule has 1 fully saturated rings. The zero-order valence-corrected chi connectivity index (χ0v) is 12.3. The number of carbonyl (C=O) groups is 2. The van der Waals surface area contributed by atoms with Gasteiger partial charge in [0.15, 0.2) is 17.5 Å². The predicted octanol–water partition coefficient (Wildman–Crippen LogP) is 2.89. The van der Waals surface area contributed by atoms with Crippen molar-refractivity contribution in [2.24, 2.45) is 0 Å². The molecule has 1 saturated heterocycles. The second kappa shape index (κ2) is 6.23. The highest BCUT2D eigenvalue weighted by Crippen LogP contribution is 2.21. The number of anilines is 2. The van der Waals surface area contributed by atoms with Gasteiger partial charge in [0.25, 0.3) is 5.91 Å². The van der Waals surface area contributed by atoms with Crippen LogP contribution in [0.5, 0.6) is 0 Å². The Balaban J connectivity index is 1.76. The number of carbonyl (C=O) groups excluding carboxylic acids is 2. The third-order valence-corrected chi connectivity index (χ3v) is 3.58. The highest BCUT2D eigenvalue weighted by atomic mass is 19.2. The summed E-state index contributed by atoms with van der Waals surface area (Å²) in [5, 5.41) is 4.83. The molecule has 0 radical (unpaired) electrons. The van der Waals surface area contributed by atoms with E-state index in [-0.39, 0.29) is 11.6 Å². The second-order valence-electron chi connectivity index (χ2n) is 5.11. The molecule has 2 aromatic rings. The number of benzene rings is 2. The number of urea groups is 1. The minimum atomic E-state index is -1.65. The number of nitrogens with one attached hydrogen (secondary N) is 2. The number of rotatable bonds is 3. The molecule has 3 amide bonds. The van der Waals surface area contributed by atoms with Gasteiger partial charge in [-0.2, -0.15) is 0 Å². The molecule has 0 spiro atoms. The Hall–Kier alpha value is -3.03. The van der Waals surface area contributed by atoms with Gasteiger partial charge >= 0.3 is 6.03 Å². The fourth-order valence-electron chi connectivity index (χ4n) is 2.33. The molecule has 1 aliphatic heterocycles. The fraction of sp³-hybridized carbons (Fsp3) is 0.125. The van der Waals surface area contributed by atoms with E-state index < -0.39 is 29.0 Å². The summed E-state index contributed by atoms with van der Waals surface area (Å²) in [6.45, 7) is 1.06. The monoisotopic (exact) mass is 335 g/mol. The standard InChI is InChI=1S/C16H12F3N3O2/c17-11-5-6-12(14(19)13(11)18)21-15(23)9-1-3-10(4-2-9)22-8-7-20-16(22)24/h1-6H,7-8H2,(H,20,24)(H,21,23). The maximum atomic E-state index is 13.6. The van der Waals surface area contributed by atoms with Crippen LogP contribution in [0, 0.1) is 17.5 Å². The fourth-order valence-corrected chi connectivity index (χ4v) is 2.33. The van der Waals surface area contributed by atoms with Gasteiger partial charge in [-0.3, -0.25) is 9.69 Å². The van der Waals surface area contributed by atoms with Crippen molar-refractivity contribution in [1.29, 1.82) is 0 Å². The highest BCUT2D eigenvalue weighted by Gasteiger charge is 2.21. The molecule has 2 N–H and O–H groups in total. The maximum Gasteiger partial charge on any atom is 0.321 e. The van der Waals surface area contributed by atoms with Gasteiger partial charge in [-0.25, -0.2) is 18.0 Å². The number of halogens is 3. The quantitative estimate of drug-likeness (QED) is 0.848. The average molecular weight is 335 g/mol. The van der Waals surface area contributed by atoms with E-state index in [1.165, 1.54) is 17.0 Å². The smallest absolute Gasteiger partial charge is 0.321 e. The first kappa shape index (κ1) is 15.9. The van der Waals surface area contributed by atoms with E-state index in [9.17, 15) is 22.8 Å². The number of hydrogen-bond acceptors (Lipinski definition) is 2. The van der Waals surface area contributed by atoms with E-state index >= 15 is 0 Å². The molecule has 8 heteroatoms. The van der Waals surface area contributed by atoms with Crippen LogP contribution in [-0.2, 0) is 0 Å². The first-order valence-corrected chi connectivity index (χ1v) is 7.07. The van der Waals surface area contributed by atoms with Gasteiger partial charge < -0.3 is 10.6 Å². The molecule has 0 atom stereocenters. The normalized spacial score (nSPS) is 13.8. The lowest BCUT2D eigenvalue weighted by Gasteiger charge is -2.14. The molecule has 24 heavy (non-hydrogen) atoms. The molecule has 0 saturated carbocycles. The Morgan fingerprint density at radius 3 is 2.38 bits per heavy atom. The van der Waals surface area contributed by atoms with Gasteiger partial charge in [-0.05, 0) is 36.4 Å². The van der Waals surface area contributed by atoms with Gasteiger partial charge in [0.1, 0.15) is 0 Å². The first-order valence-electron chi connectivity index (χ1n) is 7.07. The van der Waals surface area contributed by atoms with Crippen LogP contribution in [0.1, 0.15) is 10.4 Å². The van der Waals surface area contributed by atoms with Crippen LogP contribution in [0.3, 0.4) is 0 Å². The van der Waals surface area contributed by atoms with Crippen LogP contribution in [0.4, 0.5) is 29.3 Å². The summed E-state index contributed by atoms with van der Waals surface area (Å²) < 4.78 is 39.6. The van der Waals surface area contributed by atoms with Crippen molar-refractivity contribution in [2.45, 2.75) is 0 Å². The Morgan fingerprint density at radius 1 is 1.04 bits per heavy atom. The van der Waals surface area contributed by atoms with Crippen molar-refractivity contribution in [1.82, 2.24) is 5.32 Å². The Kier molecular flexibility index (Phi) is 4.11. The molecule has 0 aromatic heterocycles. The lowest BCUT2D eigenvalue weighted by molar-refractivity contribution is 0.102. The second-order valence-corrected chi connectivity index (χ2v) is 5.11. The zero-order valence-electron chi connectivity index (χ0n) is 12.3. The van der Waals surface area contributed by atoms with Crippen molar-refractivity contribution in [2.75, 3.05) is 23.3 Å². The van der Waals surface area contributed by atoms with Gasteiger partial charge in [-0.15, -0.1) is 0 Å². The SMILES string of the molecule is O=C(Nc1ccc(F)c(F)c1F)c1ccc(N2CCNC2=O)cc1. The lowest BCUT2D eigenvalue weighted by atomic mass is 10.1. The van der Waals surface area contributed by atoms with E-state index in [0.717, 1.165) is 12.1 Å². The van der Waals surface area contributed by atoms with E-state index in [0.29, 0.717) is 18.8 Å². The third-order valence-electron chi connectivity index (χ3n) is 3.58. The Bertz CT molecular complexity index is 809. The van der Waals surface area contributed by atoms with E-state index in [1.54, 1.807) is 12.1 Å². The zero-order chi connectivity index (χ0) is 17.3. The lowest BCUT2D eigenvalue weighted by Crippen LogP contribution is -2.27.